The molecule has 1 aliphatic heterocycles. The highest BCUT2D eigenvalue weighted by atomic mass is 32.2. The molecule has 1 saturated heterocycles. The van der Waals surface area contributed by atoms with Crippen LogP contribution >= 0.6 is 11.8 Å². The summed E-state index contributed by atoms with van der Waals surface area (Å²) < 4.78 is 49.7. The van der Waals surface area contributed by atoms with E-state index in [1.54, 1.807) is 4.90 Å². The normalized spacial score (nSPS) is 19.7. The number of rotatable bonds is 6. The Bertz CT molecular complexity index is 679. The van der Waals surface area contributed by atoms with Gasteiger partial charge in [0.05, 0.1) is 17.3 Å². The van der Waals surface area contributed by atoms with Crippen molar-refractivity contribution in [2.45, 2.75) is 30.7 Å². The van der Waals surface area contributed by atoms with Crippen LogP contribution < -0.4 is 0 Å². The van der Waals surface area contributed by atoms with Crippen LogP contribution in [0.15, 0.2) is 23.1 Å². The van der Waals surface area contributed by atoms with Crippen molar-refractivity contribution in [1.29, 1.82) is 0 Å². The Morgan fingerprint density at radius 2 is 2.13 bits per heavy atom. The molecule has 23 heavy (non-hydrogen) atoms. The van der Waals surface area contributed by atoms with Gasteiger partial charge in [0.15, 0.2) is 9.84 Å². The third-order valence-electron chi connectivity index (χ3n) is 3.68. The van der Waals surface area contributed by atoms with Crippen LogP contribution in [0.5, 0.6) is 0 Å². The molecule has 1 unspecified atom stereocenters. The average Bonchev–Trinajstić information content (AvgIpc) is 2.83. The zero-order valence-electron chi connectivity index (χ0n) is 12.8. The van der Waals surface area contributed by atoms with Crippen molar-refractivity contribution in [3.05, 3.63) is 29.8 Å². The first-order valence-electron chi connectivity index (χ1n) is 7.40. The molecule has 128 valence electrons. The van der Waals surface area contributed by atoms with Gasteiger partial charge in [-0.3, -0.25) is 4.79 Å². The molecule has 2 rings (SSSR count). The molecule has 0 aromatic heterocycles. The Hall–Kier alpha value is -1.15. The second-order valence-corrected chi connectivity index (χ2v) is 8.75. The summed E-state index contributed by atoms with van der Waals surface area (Å²) in [5.74, 6) is -1.49. The number of amides is 1. The summed E-state index contributed by atoms with van der Waals surface area (Å²) in [7, 11) is -3.07. The maximum absolute atomic E-state index is 13.6. The van der Waals surface area contributed by atoms with E-state index in [4.69, 9.17) is 0 Å². The number of sulfone groups is 1. The summed E-state index contributed by atoms with van der Waals surface area (Å²) in [6.07, 6.45) is 1.17. The van der Waals surface area contributed by atoms with Gasteiger partial charge in [-0.2, -0.15) is 0 Å². The zero-order valence-corrected chi connectivity index (χ0v) is 14.4. The molecule has 1 fully saturated rings. The second-order valence-electron chi connectivity index (χ2n) is 5.51. The van der Waals surface area contributed by atoms with Gasteiger partial charge in [0.25, 0.3) is 0 Å². The first-order chi connectivity index (χ1) is 10.8. The number of thioether (sulfide) groups is 1. The molecule has 1 aliphatic rings. The Morgan fingerprint density at radius 1 is 1.39 bits per heavy atom. The van der Waals surface area contributed by atoms with Crippen molar-refractivity contribution < 1.29 is 22.0 Å². The molecule has 0 bridgehead atoms. The van der Waals surface area contributed by atoms with Crippen molar-refractivity contribution in [1.82, 2.24) is 4.90 Å². The molecular weight excluding hydrogens is 344 g/mol. The van der Waals surface area contributed by atoms with Gasteiger partial charge in [-0.25, -0.2) is 17.2 Å². The number of halogens is 2. The molecule has 1 atom stereocenters. The number of carbonyl (C=O) groups excluding carboxylic acids is 1. The fraction of sp³-hybridized carbons (Fsp3) is 0.533. The summed E-state index contributed by atoms with van der Waals surface area (Å²) in [5, 5.41) is 0. The highest BCUT2D eigenvalue weighted by molar-refractivity contribution is 8.00. The third kappa shape index (κ3) is 4.91. The number of hydrogen-bond acceptors (Lipinski definition) is 4. The van der Waals surface area contributed by atoms with Crippen molar-refractivity contribution in [3.8, 4) is 0 Å². The van der Waals surface area contributed by atoms with E-state index >= 15 is 0 Å². The van der Waals surface area contributed by atoms with E-state index in [-0.39, 0.29) is 34.1 Å². The Kier molecular flexibility index (Phi) is 6.02. The van der Waals surface area contributed by atoms with Crippen LogP contribution in [0.2, 0.25) is 0 Å². The lowest BCUT2D eigenvalue weighted by Crippen LogP contribution is -2.42. The number of benzene rings is 1. The van der Waals surface area contributed by atoms with E-state index in [0.29, 0.717) is 13.0 Å². The Labute approximate surface area is 139 Å². The third-order valence-corrected chi connectivity index (χ3v) is 6.46. The molecule has 0 aliphatic carbocycles. The minimum absolute atomic E-state index is 0.000893. The van der Waals surface area contributed by atoms with Crippen molar-refractivity contribution in [3.63, 3.8) is 0 Å². The topological polar surface area (TPSA) is 54.5 Å². The number of nitrogens with zero attached hydrogens (tertiary/aromatic N) is 1. The van der Waals surface area contributed by atoms with Crippen LogP contribution in [-0.4, -0.2) is 49.1 Å². The van der Waals surface area contributed by atoms with Crippen LogP contribution in [0, 0.1) is 11.6 Å². The standard InChI is InChI=1S/C15H19F2NO3S2/c1-2-6-18(12-5-7-23(20,21)10-12)15(19)9-22-14-4-3-11(16)8-13(14)17/h3-4,8,12H,2,5-7,9-10H2,1H3. The summed E-state index contributed by atoms with van der Waals surface area (Å²) >= 11 is 0.994. The van der Waals surface area contributed by atoms with Crippen LogP contribution in [0.4, 0.5) is 8.78 Å². The van der Waals surface area contributed by atoms with Crippen LogP contribution in [-0.2, 0) is 14.6 Å². The Balaban J connectivity index is 2.01. The highest BCUT2D eigenvalue weighted by Gasteiger charge is 2.34. The summed E-state index contributed by atoms with van der Waals surface area (Å²) in [5.41, 5.74) is 0. The van der Waals surface area contributed by atoms with Crippen molar-refractivity contribution in [2.75, 3.05) is 23.8 Å². The second kappa shape index (κ2) is 7.61. The van der Waals surface area contributed by atoms with Gasteiger partial charge in [0, 0.05) is 23.5 Å². The smallest absolute Gasteiger partial charge is 0.233 e. The highest BCUT2D eigenvalue weighted by Crippen LogP contribution is 2.24. The molecule has 1 heterocycles. The largest absolute Gasteiger partial charge is 0.338 e. The van der Waals surface area contributed by atoms with Gasteiger partial charge in [-0.15, -0.1) is 11.8 Å². The first kappa shape index (κ1) is 18.2. The van der Waals surface area contributed by atoms with Crippen molar-refractivity contribution in [2.24, 2.45) is 0 Å². The van der Waals surface area contributed by atoms with Gasteiger partial charge >= 0.3 is 0 Å². The SMILES string of the molecule is CCCN(C(=O)CSc1ccc(F)cc1F)C1CCS(=O)(=O)C1. The first-order valence-corrected chi connectivity index (χ1v) is 10.2. The molecule has 1 aromatic rings. The zero-order chi connectivity index (χ0) is 17.0. The van der Waals surface area contributed by atoms with Gasteiger partial charge in [-0.1, -0.05) is 6.92 Å². The lowest BCUT2D eigenvalue weighted by atomic mass is 10.2. The summed E-state index contributed by atoms with van der Waals surface area (Å²) in [6, 6.07) is 2.92. The quantitative estimate of drug-likeness (QED) is 0.729. The van der Waals surface area contributed by atoms with Gasteiger partial charge < -0.3 is 4.90 Å². The lowest BCUT2D eigenvalue weighted by molar-refractivity contribution is -0.130. The number of carbonyl (C=O) groups is 1. The molecule has 0 N–H and O–H groups in total. The van der Waals surface area contributed by atoms with E-state index in [1.807, 2.05) is 6.92 Å². The fourth-order valence-electron chi connectivity index (χ4n) is 2.59. The minimum atomic E-state index is -3.07. The fourth-order valence-corrected chi connectivity index (χ4v) is 5.12. The molecule has 0 spiro atoms. The van der Waals surface area contributed by atoms with Crippen molar-refractivity contribution >= 4 is 27.5 Å². The van der Waals surface area contributed by atoms with Crippen LogP contribution in [0.3, 0.4) is 0 Å². The maximum Gasteiger partial charge on any atom is 0.233 e. The van der Waals surface area contributed by atoms with E-state index in [2.05, 4.69) is 0 Å². The Morgan fingerprint density at radius 3 is 2.70 bits per heavy atom. The molecule has 8 heteroatoms. The lowest BCUT2D eigenvalue weighted by Gasteiger charge is -2.27. The molecular formula is C15H19F2NO3S2. The van der Waals surface area contributed by atoms with E-state index in [0.717, 1.165) is 30.3 Å². The van der Waals surface area contributed by atoms with E-state index in [9.17, 15) is 22.0 Å². The van der Waals surface area contributed by atoms with Crippen LogP contribution in [0.1, 0.15) is 19.8 Å². The van der Waals surface area contributed by atoms with Gasteiger partial charge in [0.1, 0.15) is 11.6 Å². The average molecular weight is 363 g/mol. The predicted molar refractivity (Wildman–Crippen MR) is 86.1 cm³/mol. The van der Waals surface area contributed by atoms with Gasteiger partial charge in [0.2, 0.25) is 5.91 Å². The maximum atomic E-state index is 13.6. The monoisotopic (exact) mass is 363 g/mol. The molecule has 0 saturated carbocycles. The number of hydrogen-bond donors (Lipinski definition) is 0. The van der Waals surface area contributed by atoms with E-state index < -0.39 is 21.5 Å². The molecule has 1 amide bonds. The predicted octanol–water partition coefficient (Wildman–Crippen LogP) is 2.48. The summed E-state index contributed by atoms with van der Waals surface area (Å²) in [6.45, 7) is 2.39. The van der Waals surface area contributed by atoms with Crippen LogP contribution in [0.25, 0.3) is 0 Å². The minimum Gasteiger partial charge on any atom is -0.338 e. The molecule has 1 aromatic carbocycles. The molecule has 4 nitrogen and oxygen atoms in total. The van der Waals surface area contributed by atoms with E-state index in [1.165, 1.54) is 6.07 Å². The van der Waals surface area contributed by atoms with Gasteiger partial charge in [-0.05, 0) is 25.0 Å². The molecule has 0 radical (unpaired) electrons. The summed E-state index contributed by atoms with van der Waals surface area (Å²) in [4.78, 5) is 14.2.